The van der Waals surface area contributed by atoms with E-state index in [1.54, 1.807) is 30.5 Å². The summed E-state index contributed by atoms with van der Waals surface area (Å²) in [7, 11) is 0. The second-order valence-electron chi connectivity index (χ2n) is 9.22. The lowest BCUT2D eigenvalue weighted by molar-refractivity contribution is -0.129. The maximum atomic E-state index is 13.8. The van der Waals surface area contributed by atoms with Crippen molar-refractivity contribution in [3.05, 3.63) is 71.4 Å². The van der Waals surface area contributed by atoms with Crippen LogP contribution in [0.25, 0.3) is 10.9 Å². The molecular weight excluding hydrogens is 405 g/mol. The van der Waals surface area contributed by atoms with Crippen molar-refractivity contribution in [2.45, 2.75) is 44.1 Å². The van der Waals surface area contributed by atoms with Crippen LogP contribution >= 0.6 is 0 Å². The molecule has 2 aliphatic rings. The molecule has 2 fully saturated rings. The van der Waals surface area contributed by atoms with Gasteiger partial charge in [0.2, 0.25) is 0 Å². The Kier molecular flexibility index (Phi) is 5.44. The van der Waals surface area contributed by atoms with Crippen LogP contribution in [0.5, 0.6) is 0 Å². The van der Waals surface area contributed by atoms with Crippen LogP contribution in [0.1, 0.15) is 48.4 Å². The van der Waals surface area contributed by atoms with E-state index in [1.165, 1.54) is 12.3 Å². The zero-order chi connectivity index (χ0) is 22.2. The Labute approximate surface area is 185 Å². The summed E-state index contributed by atoms with van der Waals surface area (Å²) in [6, 6.07) is 12.1. The third-order valence-corrected chi connectivity index (χ3v) is 7.31. The summed E-state index contributed by atoms with van der Waals surface area (Å²) in [5.74, 6) is 0.814. The molecule has 2 aliphatic carbocycles. The number of pyridine rings is 2. The summed E-state index contributed by atoms with van der Waals surface area (Å²) >= 11 is 0. The van der Waals surface area contributed by atoms with Gasteiger partial charge < -0.3 is 5.11 Å². The fourth-order valence-corrected chi connectivity index (χ4v) is 5.81. The SMILES string of the molecule is N#Cc1ccc(CC(=O)C(O)C2C[C@H]3CC(c4ccnc5ccc(F)cc45)C[C@H]3C2)nc1. The van der Waals surface area contributed by atoms with Gasteiger partial charge in [0.25, 0.3) is 0 Å². The van der Waals surface area contributed by atoms with Crippen LogP contribution in [-0.4, -0.2) is 27.0 Å². The number of aliphatic hydroxyl groups excluding tert-OH is 1. The number of nitrogens with zero attached hydrogens (tertiary/aromatic N) is 3. The Morgan fingerprint density at radius 2 is 1.91 bits per heavy atom. The zero-order valence-electron chi connectivity index (χ0n) is 17.6. The van der Waals surface area contributed by atoms with Gasteiger partial charge in [-0.25, -0.2) is 4.39 Å². The quantitative estimate of drug-likeness (QED) is 0.652. The number of rotatable bonds is 5. The number of aromatic nitrogens is 2. The van der Waals surface area contributed by atoms with Crippen molar-refractivity contribution >= 4 is 16.7 Å². The van der Waals surface area contributed by atoms with Crippen LogP contribution in [0.4, 0.5) is 4.39 Å². The van der Waals surface area contributed by atoms with E-state index >= 15 is 0 Å². The molecule has 0 saturated heterocycles. The van der Waals surface area contributed by atoms with E-state index in [-0.39, 0.29) is 23.9 Å². The number of aliphatic hydroxyl groups is 1. The highest BCUT2D eigenvalue weighted by molar-refractivity contribution is 5.85. The third kappa shape index (κ3) is 3.89. The van der Waals surface area contributed by atoms with Crippen molar-refractivity contribution in [1.82, 2.24) is 9.97 Å². The number of Topliss-reactive ketones (excluding diaryl/α,β-unsaturated/α-hetero) is 1. The topological polar surface area (TPSA) is 86.9 Å². The van der Waals surface area contributed by atoms with E-state index in [1.807, 2.05) is 12.1 Å². The summed E-state index contributed by atoms with van der Waals surface area (Å²) < 4.78 is 13.8. The first kappa shape index (κ1) is 20.7. The van der Waals surface area contributed by atoms with Crippen LogP contribution in [0.2, 0.25) is 0 Å². The molecule has 2 heterocycles. The fraction of sp³-hybridized carbons (Fsp3) is 0.385. The van der Waals surface area contributed by atoms with Gasteiger partial charge >= 0.3 is 0 Å². The first-order chi connectivity index (χ1) is 15.5. The number of hydrogen-bond donors (Lipinski definition) is 1. The second kappa shape index (κ2) is 8.40. The smallest absolute Gasteiger partial charge is 0.167 e. The number of carbonyl (C=O) groups excluding carboxylic acids is 1. The van der Waals surface area contributed by atoms with E-state index in [2.05, 4.69) is 9.97 Å². The van der Waals surface area contributed by atoms with Gasteiger partial charge in [-0.1, -0.05) is 0 Å². The summed E-state index contributed by atoms with van der Waals surface area (Å²) in [6.45, 7) is 0. The number of halogens is 1. The van der Waals surface area contributed by atoms with Crippen LogP contribution in [0.3, 0.4) is 0 Å². The summed E-state index contributed by atoms with van der Waals surface area (Å²) in [6.07, 6.45) is 6.01. The molecule has 0 spiro atoms. The third-order valence-electron chi connectivity index (χ3n) is 7.31. The predicted molar refractivity (Wildman–Crippen MR) is 117 cm³/mol. The molecule has 5 atom stereocenters. The van der Waals surface area contributed by atoms with Crippen molar-refractivity contribution in [2.75, 3.05) is 0 Å². The van der Waals surface area contributed by atoms with E-state index in [9.17, 15) is 14.3 Å². The predicted octanol–water partition coefficient (Wildman–Crippen LogP) is 4.33. The van der Waals surface area contributed by atoms with Crippen molar-refractivity contribution < 1.29 is 14.3 Å². The molecule has 5 rings (SSSR count). The lowest BCUT2D eigenvalue weighted by Gasteiger charge is -2.20. The number of nitriles is 1. The summed E-state index contributed by atoms with van der Waals surface area (Å²) in [5.41, 5.74) is 2.99. The maximum Gasteiger partial charge on any atom is 0.167 e. The first-order valence-corrected chi connectivity index (χ1v) is 11.1. The fourth-order valence-electron chi connectivity index (χ4n) is 5.81. The highest BCUT2D eigenvalue weighted by atomic mass is 19.1. The van der Waals surface area contributed by atoms with Gasteiger partial charge in [-0.15, -0.1) is 0 Å². The van der Waals surface area contributed by atoms with Gasteiger partial charge in [0, 0.05) is 23.5 Å². The molecule has 0 radical (unpaired) electrons. The molecule has 2 aromatic heterocycles. The van der Waals surface area contributed by atoms with Gasteiger partial charge in [0.05, 0.1) is 17.5 Å². The van der Waals surface area contributed by atoms with E-state index in [0.29, 0.717) is 29.0 Å². The molecule has 1 N–H and O–H groups in total. The molecule has 0 aliphatic heterocycles. The molecule has 162 valence electrons. The largest absolute Gasteiger partial charge is 0.385 e. The molecule has 6 heteroatoms. The van der Waals surface area contributed by atoms with Crippen LogP contribution in [-0.2, 0) is 11.2 Å². The molecule has 3 aromatic rings. The normalized spacial score (nSPS) is 25.4. The average Bonchev–Trinajstić information content (AvgIpc) is 3.38. The maximum absolute atomic E-state index is 13.8. The molecule has 0 amide bonds. The molecule has 3 unspecified atom stereocenters. The Morgan fingerprint density at radius 1 is 1.12 bits per heavy atom. The Balaban J connectivity index is 1.23. The Hall–Kier alpha value is -3.17. The number of carbonyl (C=O) groups is 1. The summed E-state index contributed by atoms with van der Waals surface area (Å²) in [4.78, 5) is 21.2. The number of ketones is 1. The number of fused-ring (bicyclic) bond motifs is 2. The zero-order valence-corrected chi connectivity index (χ0v) is 17.6. The Morgan fingerprint density at radius 3 is 2.59 bits per heavy atom. The Bertz CT molecular complexity index is 1190. The second-order valence-corrected chi connectivity index (χ2v) is 9.22. The van der Waals surface area contributed by atoms with Crippen LogP contribution in [0.15, 0.2) is 48.8 Å². The lowest BCUT2D eigenvalue weighted by Crippen LogP contribution is -2.30. The van der Waals surface area contributed by atoms with Crippen LogP contribution in [0, 0.1) is 34.9 Å². The number of benzene rings is 1. The van der Waals surface area contributed by atoms with Gasteiger partial charge in [-0.2, -0.15) is 5.26 Å². The minimum absolute atomic E-state index is 0.0246. The van der Waals surface area contributed by atoms with Crippen molar-refractivity contribution in [1.29, 1.82) is 5.26 Å². The molecule has 5 nitrogen and oxygen atoms in total. The van der Waals surface area contributed by atoms with Gasteiger partial charge in [-0.3, -0.25) is 14.8 Å². The first-order valence-electron chi connectivity index (χ1n) is 11.1. The van der Waals surface area contributed by atoms with Crippen molar-refractivity contribution in [3.8, 4) is 6.07 Å². The highest BCUT2D eigenvalue weighted by Crippen LogP contribution is 2.53. The average molecular weight is 429 g/mol. The summed E-state index contributed by atoms with van der Waals surface area (Å²) in [5, 5.41) is 20.5. The molecule has 32 heavy (non-hydrogen) atoms. The van der Waals surface area contributed by atoms with E-state index in [4.69, 9.17) is 5.26 Å². The van der Waals surface area contributed by atoms with Crippen molar-refractivity contribution in [3.63, 3.8) is 0 Å². The van der Waals surface area contributed by atoms with E-state index in [0.717, 1.165) is 42.1 Å². The molecular formula is C26H24FN3O2. The molecule has 1 aromatic carbocycles. The minimum Gasteiger partial charge on any atom is -0.385 e. The van der Waals surface area contributed by atoms with Gasteiger partial charge in [0.15, 0.2) is 5.78 Å². The standard InChI is InChI=1S/C26H24FN3O2/c27-20-2-4-24-23(11-20)22(5-6-29-24)18-7-16-9-19(10-17(16)8-18)26(32)25(31)12-21-3-1-15(13-28)14-30-21/h1-6,11,14,16-19,26,32H,7-10,12H2/t16-,17+,18?,19?,26?. The van der Waals surface area contributed by atoms with Gasteiger partial charge in [-0.05, 0) is 91.3 Å². The van der Waals surface area contributed by atoms with E-state index < -0.39 is 6.10 Å². The van der Waals surface area contributed by atoms with Gasteiger partial charge in [0.1, 0.15) is 18.0 Å². The highest BCUT2D eigenvalue weighted by Gasteiger charge is 2.45. The minimum atomic E-state index is -0.979. The molecule has 0 bridgehead atoms. The van der Waals surface area contributed by atoms with Crippen LogP contribution < -0.4 is 0 Å². The monoisotopic (exact) mass is 429 g/mol. The molecule has 2 saturated carbocycles. The van der Waals surface area contributed by atoms with Crippen molar-refractivity contribution in [2.24, 2.45) is 17.8 Å². The number of hydrogen-bond acceptors (Lipinski definition) is 5. The lowest BCUT2D eigenvalue weighted by atomic mass is 9.87.